The molecule has 3 aromatic rings. The van der Waals surface area contributed by atoms with E-state index in [0.29, 0.717) is 12.4 Å². The zero-order chi connectivity index (χ0) is 20.9. The molecule has 2 aromatic heterocycles. The summed E-state index contributed by atoms with van der Waals surface area (Å²) in [6.45, 7) is 8.41. The van der Waals surface area contributed by atoms with Crippen LogP contribution in [0.3, 0.4) is 0 Å². The highest BCUT2D eigenvalue weighted by Gasteiger charge is 2.26. The number of likely N-dealkylation sites (tertiary alicyclic amines) is 1. The van der Waals surface area contributed by atoms with Crippen LogP contribution in [0.4, 0.5) is 5.69 Å². The summed E-state index contributed by atoms with van der Waals surface area (Å²) in [4.78, 5) is 22.8. The SMILES string of the molecule is CCN(CC)c1ccc(C(=O)CN2CCC(c3nc(-c4cccs4)no3)CC2)cc1. The van der Waals surface area contributed by atoms with Crippen LogP contribution in [-0.4, -0.2) is 53.5 Å². The van der Waals surface area contributed by atoms with E-state index in [1.807, 2.05) is 41.8 Å². The number of hydrogen-bond acceptors (Lipinski definition) is 7. The van der Waals surface area contributed by atoms with Crippen molar-refractivity contribution >= 4 is 22.8 Å². The Hall–Kier alpha value is -2.51. The van der Waals surface area contributed by atoms with E-state index in [9.17, 15) is 4.79 Å². The van der Waals surface area contributed by atoms with E-state index >= 15 is 0 Å². The van der Waals surface area contributed by atoms with Crippen molar-refractivity contribution in [3.05, 3.63) is 53.2 Å². The normalized spacial score (nSPS) is 15.4. The molecule has 0 radical (unpaired) electrons. The standard InChI is InChI=1S/C23H28N4O2S/c1-3-27(4-2)19-9-7-17(8-10-19)20(28)16-26-13-11-18(12-14-26)23-24-22(25-29-23)21-6-5-15-30-21/h5-10,15,18H,3-4,11-14,16H2,1-2H3. The average molecular weight is 425 g/mol. The number of aromatic nitrogens is 2. The van der Waals surface area contributed by atoms with E-state index in [1.54, 1.807) is 11.3 Å². The van der Waals surface area contributed by atoms with Gasteiger partial charge in [-0.2, -0.15) is 4.98 Å². The highest BCUT2D eigenvalue weighted by Crippen LogP contribution is 2.29. The summed E-state index contributed by atoms with van der Waals surface area (Å²) in [5.41, 5.74) is 1.95. The maximum atomic E-state index is 12.7. The van der Waals surface area contributed by atoms with Gasteiger partial charge in [0.2, 0.25) is 11.7 Å². The minimum atomic E-state index is 0.178. The van der Waals surface area contributed by atoms with Crippen molar-refractivity contribution in [2.75, 3.05) is 37.6 Å². The fraction of sp³-hybridized carbons (Fsp3) is 0.435. The van der Waals surface area contributed by atoms with Crippen LogP contribution in [0.1, 0.15) is 48.9 Å². The average Bonchev–Trinajstić information content (AvgIpc) is 3.48. The topological polar surface area (TPSA) is 62.5 Å². The van der Waals surface area contributed by atoms with Crippen molar-refractivity contribution in [1.29, 1.82) is 0 Å². The summed E-state index contributed by atoms with van der Waals surface area (Å²) < 4.78 is 5.52. The number of carbonyl (C=O) groups excluding carboxylic acids is 1. The smallest absolute Gasteiger partial charge is 0.230 e. The van der Waals surface area contributed by atoms with Gasteiger partial charge in [0.1, 0.15) is 0 Å². The second-order valence-corrected chi connectivity index (χ2v) is 8.57. The monoisotopic (exact) mass is 424 g/mol. The van der Waals surface area contributed by atoms with Gasteiger partial charge in [0.25, 0.3) is 0 Å². The molecule has 3 heterocycles. The molecule has 1 saturated heterocycles. The molecule has 7 heteroatoms. The van der Waals surface area contributed by atoms with Crippen LogP contribution in [0.5, 0.6) is 0 Å². The molecular weight excluding hydrogens is 396 g/mol. The predicted molar refractivity (Wildman–Crippen MR) is 120 cm³/mol. The lowest BCUT2D eigenvalue weighted by molar-refractivity contribution is 0.0904. The Kier molecular flexibility index (Phi) is 6.59. The minimum absolute atomic E-state index is 0.178. The molecule has 4 rings (SSSR count). The number of rotatable bonds is 8. The van der Waals surface area contributed by atoms with E-state index in [4.69, 9.17) is 4.52 Å². The molecule has 1 aliphatic rings. The number of carbonyl (C=O) groups is 1. The first-order chi connectivity index (χ1) is 14.7. The number of nitrogens with zero attached hydrogens (tertiary/aromatic N) is 4. The molecule has 1 aromatic carbocycles. The van der Waals surface area contributed by atoms with E-state index in [1.165, 1.54) is 5.69 Å². The molecule has 0 spiro atoms. The highest BCUT2D eigenvalue weighted by atomic mass is 32.1. The number of thiophene rings is 1. The molecule has 0 saturated carbocycles. The van der Waals surface area contributed by atoms with Gasteiger partial charge in [-0.15, -0.1) is 11.3 Å². The summed E-state index contributed by atoms with van der Waals surface area (Å²) >= 11 is 1.61. The quantitative estimate of drug-likeness (QED) is 0.488. The van der Waals surface area contributed by atoms with Gasteiger partial charge in [-0.05, 0) is 75.5 Å². The first kappa shape index (κ1) is 20.8. The van der Waals surface area contributed by atoms with Gasteiger partial charge in [0.15, 0.2) is 5.78 Å². The summed E-state index contributed by atoms with van der Waals surface area (Å²) in [7, 11) is 0. The van der Waals surface area contributed by atoms with Crippen molar-refractivity contribution in [2.45, 2.75) is 32.6 Å². The van der Waals surface area contributed by atoms with Gasteiger partial charge in [-0.25, -0.2) is 0 Å². The van der Waals surface area contributed by atoms with Gasteiger partial charge in [0, 0.05) is 30.3 Å². The van der Waals surface area contributed by atoms with Gasteiger partial charge in [-0.3, -0.25) is 9.69 Å². The Morgan fingerprint density at radius 1 is 1.17 bits per heavy atom. The minimum Gasteiger partial charge on any atom is -0.372 e. The second kappa shape index (κ2) is 9.53. The number of ketones is 1. The molecule has 0 bridgehead atoms. The van der Waals surface area contributed by atoms with E-state index in [0.717, 1.165) is 55.4 Å². The summed E-state index contributed by atoms with van der Waals surface area (Å²) in [6, 6.07) is 12.0. The lowest BCUT2D eigenvalue weighted by Gasteiger charge is -2.29. The Bertz CT molecular complexity index is 940. The molecule has 0 N–H and O–H groups in total. The van der Waals surface area contributed by atoms with Crippen LogP contribution in [0.2, 0.25) is 0 Å². The maximum Gasteiger partial charge on any atom is 0.230 e. The molecule has 0 atom stereocenters. The van der Waals surface area contributed by atoms with Crippen molar-refractivity contribution in [1.82, 2.24) is 15.0 Å². The maximum absolute atomic E-state index is 12.7. The number of piperidine rings is 1. The van der Waals surface area contributed by atoms with Crippen LogP contribution in [0, 0.1) is 0 Å². The van der Waals surface area contributed by atoms with Crippen LogP contribution in [0.25, 0.3) is 10.7 Å². The summed E-state index contributed by atoms with van der Waals surface area (Å²) in [5, 5.41) is 6.14. The number of anilines is 1. The van der Waals surface area contributed by atoms with E-state index in [2.05, 4.69) is 33.8 Å². The zero-order valence-corrected chi connectivity index (χ0v) is 18.4. The third-order valence-electron chi connectivity index (χ3n) is 5.81. The second-order valence-electron chi connectivity index (χ2n) is 7.63. The van der Waals surface area contributed by atoms with Gasteiger partial charge < -0.3 is 9.42 Å². The molecule has 1 fully saturated rings. The number of Topliss-reactive ketones (excluding diaryl/α,β-unsaturated/α-hetero) is 1. The molecule has 0 unspecified atom stereocenters. The molecule has 6 nitrogen and oxygen atoms in total. The molecule has 0 amide bonds. The summed E-state index contributed by atoms with van der Waals surface area (Å²) in [6.07, 6.45) is 1.86. The molecule has 1 aliphatic heterocycles. The first-order valence-electron chi connectivity index (χ1n) is 10.7. The Morgan fingerprint density at radius 2 is 1.90 bits per heavy atom. The number of hydrogen-bond donors (Lipinski definition) is 0. The van der Waals surface area contributed by atoms with Crippen molar-refractivity contribution < 1.29 is 9.32 Å². The Labute approximate surface area is 181 Å². The van der Waals surface area contributed by atoms with Crippen LogP contribution < -0.4 is 4.90 Å². The Morgan fingerprint density at radius 3 is 2.53 bits per heavy atom. The fourth-order valence-electron chi connectivity index (χ4n) is 3.99. The van der Waals surface area contributed by atoms with Crippen LogP contribution in [-0.2, 0) is 0 Å². The van der Waals surface area contributed by atoms with E-state index < -0.39 is 0 Å². The zero-order valence-electron chi connectivity index (χ0n) is 17.6. The largest absolute Gasteiger partial charge is 0.372 e. The van der Waals surface area contributed by atoms with Crippen molar-refractivity contribution in [3.63, 3.8) is 0 Å². The van der Waals surface area contributed by atoms with Gasteiger partial charge >= 0.3 is 0 Å². The first-order valence-corrected chi connectivity index (χ1v) is 11.5. The van der Waals surface area contributed by atoms with Crippen molar-refractivity contribution in [2.24, 2.45) is 0 Å². The lowest BCUT2D eigenvalue weighted by Crippen LogP contribution is -2.36. The molecular formula is C23H28N4O2S. The Balaban J connectivity index is 1.30. The molecule has 30 heavy (non-hydrogen) atoms. The third-order valence-corrected chi connectivity index (χ3v) is 6.67. The van der Waals surface area contributed by atoms with Gasteiger partial charge in [-0.1, -0.05) is 11.2 Å². The fourth-order valence-corrected chi connectivity index (χ4v) is 4.64. The predicted octanol–water partition coefficient (Wildman–Crippen LogP) is 4.71. The van der Waals surface area contributed by atoms with Crippen LogP contribution in [0.15, 0.2) is 46.3 Å². The van der Waals surface area contributed by atoms with E-state index in [-0.39, 0.29) is 11.7 Å². The molecule has 0 aliphatic carbocycles. The van der Waals surface area contributed by atoms with Crippen molar-refractivity contribution in [3.8, 4) is 10.7 Å². The summed E-state index contributed by atoms with van der Waals surface area (Å²) in [5.74, 6) is 1.84. The molecule has 158 valence electrons. The van der Waals surface area contributed by atoms with Crippen LogP contribution >= 0.6 is 11.3 Å². The van der Waals surface area contributed by atoms with Gasteiger partial charge in [0.05, 0.1) is 11.4 Å². The lowest BCUT2D eigenvalue weighted by atomic mass is 9.96. The third kappa shape index (κ3) is 4.63. The highest BCUT2D eigenvalue weighted by molar-refractivity contribution is 7.13. The number of benzene rings is 1.